The molecule has 0 aliphatic carbocycles. The Hall–Kier alpha value is -1.63. The van der Waals surface area contributed by atoms with Crippen LogP contribution >= 0.6 is 0 Å². The topological polar surface area (TPSA) is 17.1 Å². The van der Waals surface area contributed by atoms with E-state index in [0.717, 1.165) is 30.1 Å². The monoisotopic (exact) mass is 226 g/mol. The Kier molecular flexibility index (Phi) is 3.92. The van der Waals surface area contributed by atoms with Gasteiger partial charge >= 0.3 is 0 Å². The Morgan fingerprint density at radius 1 is 1.06 bits per heavy atom. The second-order valence-corrected chi connectivity index (χ2v) is 4.47. The first kappa shape index (κ1) is 11.8. The second-order valence-electron chi connectivity index (χ2n) is 4.47. The van der Waals surface area contributed by atoms with Crippen molar-refractivity contribution in [2.75, 3.05) is 0 Å². The summed E-state index contributed by atoms with van der Waals surface area (Å²) in [4.78, 5) is 11.1. The lowest BCUT2D eigenvalue weighted by Gasteiger charge is -2.07. The van der Waals surface area contributed by atoms with E-state index < -0.39 is 0 Å². The van der Waals surface area contributed by atoms with E-state index in [-0.39, 0.29) is 0 Å². The van der Waals surface area contributed by atoms with E-state index in [4.69, 9.17) is 0 Å². The van der Waals surface area contributed by atoms with Crippen molar-refractivity contribution in [3.05, 3.63) is 47.5 Å². The fraction of sp³-hybridized carbons (Fsp3) is 0.312. The lowest BCUT2D eigenvalue weighted by molar-refractivity contribution is 0.112. The molecule has 2 aromatic rings. The number of benzene rings is 2. The Morgan fingerprint density at radius 2 is 1.76 bits per heavy atom. The number of hydrogen-bond acceptors (Lipinski definition) is 1. The van der Waals surface area contributed by atoms with Crippen LogP contribution in [0.4, 0.5) is 0 Å². The van der Waals surface area contributed by atoms with Crippen LogP contribution in [0.15, 0.2) is 36.4 Å². The van der Waals surface area contributed by atoms with E-state index in [9.17, 15) is 4.79 Å². The molecule has 0 bridgehead atoms. The molecule has 0 aliphatic heterocycles. The van der Waals surface area contributed by atoms with E-state index in [1.165, 1.54) is 23.8 Å². The molecule has 0 fully saturated rings. The molecule has 17 heavy (non-hydrogen) atoms. The molecule has 0 saturated carbocycles. The summed E-state index contributed by atoms with van der Waals surface area (Å²) in [7, 11) is 0. The average molecular weight is 226 g/mol. The third kappa shape index (κ3) is 2.73. The molecular weight excluding hydrogens is 208 g/mol. The molecule has 0 aromatic heterocycles. The van der Waals surface area contributed by atoms with Gasteiger partial charge in [0.2, 0.25) is 0 Å². The second kappa shape index (κ2) is 5.62. The molecule has 1 heteroatoms. The molecule has 0 atom stereocenters. The Bertz CT molecular complexity index is 514. The first-order valence-corrected chi connectivity index (χ1v) is 6.32. The third-order valence-electron chi connectivity index (χ3n) is 3.18. The highest BCUT2D eigenvalue weighted by Gasteiger charge is 2.03. The molecule has 1 nitrogen and oxygen atoms in total. The van der Waals surface area contributed by atoms with Crippen molar-refractivity contribution in [1.82, 2.24) is 0 Å². The van der Waals surface area contributed by atoms with Gasteiger partial charge in [0.1, 0.15) is 6.29 Å². The van der Waals surface area contributed by atoms with Crippen LogP contribution < -0.4 is 0 Å². The van der Waals surface area contributed by atoms with E-state index in [1.54, 1.807) is 0 Å². The van der Waals surface area contributed by atoms with Crippen molar-refractivity contribution in [3.63, 3.8) is 0 Å². The fourth-order valence-corrected chi connectivity index (χ4v) is 2.20. The predicted octanol–water partition coefficient (Wildman–Crippen LogP) is 4.39. The summed E-state index contributed by atoms with van der Waals surface area (Å²) in [6.45, 7) is 2.20. The maximum Gasteiger partial charge on any atom is 0.150 e. The van der Waals surface area contributed by atoms with Gasteiger partial charge in [0.05, 0.1) is 0 Å². The van der Waals surface area contributed by atoms with E-state index in [0.29, 0.717) is 0 Å². The van der Waals surface area contributed by atoms with Gasteiger partial charge in [-0.2, -0.15) is 0 Å². The fourth-order valence-electron chi connectivity index (χ4n) is 2.20. The van der Waals surface area contributed by atoms with Gasteiger partial charge in [-0.25, -0.2) is 0 Å². The molecule has 0 heterocycles. The highest BCUT2D eigenvalue weighted by atomic mass is 16.1. The largest absolute Gasteiger partial charge is 0.298 e. The van der Waals surface area contributed by atoms with Crippen molar-refractivity contribution < 1.29 is 4.79 Å². The van der Waals surface area contributed by atoms with Gasteiger partial charge in [-0.05, 0) is 35.2 Å². The summed E-state index contributed by atoms with van der Waals surface area (Å²) in [5.74, 6) is 0. The maximum absolute atomic E-state index is 11.1. The minimum Gasteiger partial charge on any atom is -0.298 e. The lowest BCUT2D eigenvalue weighted by atomic mass is 9.97. The summed E-state index contributed by atoms with van der Waals surface area (Å²) >= 11 is 0. The zero-order chi connectivity index (χ0) is 12.1. The SMILES string of the molecule is CCCCCc1cc2ccccc2cc1C=O. The minimum absolute atomic E-state index is 0.847. The molecule has 2 rings (SSSR count). The molecule has 0 spiro atoms. The molecule has 0 N–H and O–H groups in total. The zero-order valence-corrected chi connectivity index (χ0v) is 10.3. The molecule has 0 radical (unpaired) electrons. The Morgan fingerprint density at radius 3 is 2.41 bits per heavy atom. The van der Waals surface area contributed by atoms with Gasteiger partial charge in [0, 0.05) is 5.56 Å². The van der Waals surface area contributed by atoms with Crippen LogP contribution in [0.5, 0.6) is 0 Å². The van der Waals surface area contributed by atoms with Crippen LogP contribution in [-0.2, 0) is 6.42 Å². The highest BCUT2D eigenvalue weighted by Crippen LogP contribution is 2.20. The first-order valence-electron chi connectivity index (χ1n) is 6.32. The number of aldehydes is 1. The van der Waals surface area contributed by atoms with Gasteiger partial charge < -0.3 is 0 Å². The molecule has 0 aliphatic rings. The van der Waals surface area contributed by atoms with Gasteiger partial charge in [0.25, 0.3) is 0 Å². The molecular formula is C16H18O. The first-order chi connectivity index (χ1) is 8.35. The number of hydrogen-bond donors (Lipinski definition) is 0. The van der Waals surface area contributed by atoms with Crippen LogP contribution in [-0.4, -0.2) is 6.29 Å². The quantitative estimate of drug-likeness (QED) is 0.546. The molecule has 0 amide bonds. The Balaban J connectivity index is 2.35. The maximum atomic E-state index is 11.1. The molecule has 88 valence electrons. The normalized spacial score (nSPS) is 10.6. The van der Waals surface area contributed by atoms with Gasteiger partial charge in [-0.1, -0.05) is 50.1 Å². The molecule has 2 aromatic carbocycles. The number of rotatable bonds is 5. The minimum atomic E-state index is 0.847. The lowest BCUT2D eigenvalue weighted by Crippen LogP contribution is -1.93. The van der Waals surface area contributed by atoms with Crippen LogP contribution in [0.2, 0.25) is 0 Å². The number of carbonyl (C=O) groups is 1. The summed E-state index contributed by atoms with van der Waals surface area (Å²) < 4.78 is 0. The van der Waals surface area contributed by atoms with Crippen LogP contribution in [0.3, 0.4) is 0 Å². The highest BCUT2D eigenvalue weighted by molar-refractivity contribution is 5.90. The predicted molar refractivity (Wildman–Crippen MR) is 72.6 cm³/mol. The van der Waals surface area contributed by atoms with Gasteiger partial charge in [0.15, 0.2) is 0 Å². The number of carbonyl (C=O) groups excluding carboxylic acids is 1. The van der Waals surface area contributed by atoms with Crippen LogP contribution in [0, 0.1) is 0 Å². The van der Waals surface area contributed by atoms with Crippen molar-refractivity contribution >= 4 is 17.1 Å². The van der Waals surface area contributed by atoms with E-state index in [2.05, 4.69) is 25.1 Å². The van der Waals surface area contributed by atoms with Crippen LogP contribution in [0.1, 0.15) is 42.1 Å². The summed E-state index contributed by atoms with van der Waals surface area (Å²) in [5.41, 5.74) is 2.03. The van der Waals surface area contributed by atoms with Crippen molar-refractivity contribution in [2.45, 2.75) is 32.6 Å². The number of unbranched alkanes of at least 4 members (excludes halogenated alkanes) is 2. The zero-order valence-electron chi connectivity index (χ0n) is 10.3. The Labute approximate surface area is 102 Å². The van der Waals surface area contributed by atoms with E-state index in [1.807, 2.05) is 18.2 Å². The number of fused-ring (bicyclic) bond motifs is 1. The standard InChI is InChI=1S/C16H18O/c1-2-3-4-7-15-10-13-8-5-6-9-14(13)11-16(15)12-17/h5-6,8-12H,2-4,7H2,1H3. The van der Waals surface area contributed by atoms with Crippen molar-refractivity contribution in [1.29, 1.82) is 0 Å². The summed E-state index contributed by atoms with van der Waals surface area (Å²) in [5, 5.41) is 2.37. The van der Waals surface area contributed by atoms with Gasteiger partial charge in [-0.3, -0.25) is 4.79 Å². The van der Waals surface area contributed by atoms with E-state index >= 15 is 0 Å². The third-order valence-corrected chi connectivity index (χ3v) is 3.18. The number of aryl methyl sites for hydroxylation is 1. The van der Waals surface area contributed by atoms with Crippen LogP contribution in [0.25, 0.3) is 10.8 Å². The molecule has 0 unspecified atom stereocenters. The van der Waals surface area contributed by atoms with Crippen molar-refractivity contribution in [3.8, 4) is 0 Å². The molecule has 0 saturated heterocycles. The smallest absolute Gasteiger partial charge is 0.150 e. The van der Waals surface area contributed by atoms with Gasteiger partial charge in [-0.15, -0.1) is 0 Å². The summed E-state index contributed by atoms with van der Waals surface area (Å²) in [6.07, 6.45) is 5.59. The van der Waals surface area contributed by atoms with Crippen molar-refractivity contribution in [2.24, 2.45) is 0 Å². The summed E-state index contributed by atoms with van der Waals surface area (Å²) in [6, 6.07) is 12.4. The average Bonchev–Trinajstić information content (AvgIpc) is 2.38.